The van der Waals surface area contributed by atoms with Gasteiger partial charge in [-0.15, -0.1) is 0 Å². The van der Waals surface area contributed by atoms with E-state index in [0.29, 0.717) is 10.8 Å². The Morgan fingerprint density at radius 1 is 1.56 bits per heavy atom. The molecule has 0 aromatic heterocycles. The number of thioether (sulfide) groups is 1. The van der Waals surface area contributed by atoms with Gasteiger partial charge in [0, 0.05) is 17.3 Å². The molecule has 0 saturated heterocycles. The highest BCUT2D eigenvalue weighted by Gasteiger charge is 2.21. The van der Waals surface area contributed by atoms with Gasteiger partial charge in [-0.2, -0.15) is 11.8 Å². The number of phenols is 1. The molecule has 1 aromatic rings. The second-order valence-corrected chi connectivity index (χ2v) is 5.58. The third kappa shape index (κ3) is 4.40. The Morgan fingerprint density at radius 2 is 2.22 bits per heavy atom. The lowest BCUT2D eigenvalue weighted by Crippen LogP contribution is -2.42. The number of aliphatic hydroxyl groups is 1. The number of benzene rings is 1. The highest BCUT2D eigenvalue weighted by atomic mass is 35.5. The SMILES string of the molecule is CSCC(C)(O)CNC(=O)c1cc(Cl)ccc1O. The predicted octanol–water partition coefficient (Wildman–Crippen LogP) is 1.89. The van der Waals surface area contributed by atoms with Crippen molar-refractivity contribution in [2.45, 2.75) is 12.5 Å². The minimum Gasteiger partial charge on any atom is -0.507 e. The summed E-state index contributed by atoms with van der Waals surface area (Å²) < 4.78 is 0. The molecule has 0 saturated carbocycles. The molecule has 1 atom stereocenters. The van der Waals surface area contributed by atoms with Crippen LogP contribution in [0, 0.1) is 0 Å². The molecule has 0 aliphatic rings. The van der Waals surface area contributed by atoms with Crippen LogP contribution in [-0.4, -0.2) is 40.3 Å². The van der Waals surface area contributed by atoms with Crippen molar-refractivity contribution in [1.29, 1.82) is 0 Å². The first kappa shape index (κ1) is 15.1. The van der Waals surface area contributed by atoms with E-state index in [1.807, 2.05) is 6.26 Å². The van der Waals surface area contributed by atoms with Crippen LogP contribution in [0.5, 0.6) is 5.75 Å². The van der Waals surface area contributed by atoms with Crippen LogP contribution < -0.4 is 5.32 Å². The monoisotopic (exact) mass is 289 g/mol. The normalized spacial score (nSPS) is 14.0. The van der Waals surface area contributed by atoms with Gasteiger partial charge in [-0.25, -0.2) is 0 Å². The number of halogens is 1. The number of rotatable bonds is 5. The summed E-state index contributed by atoms with van der Waals surface area (Å²) in [6.07, 6.45) is 1.87. The standard InChI is InChI=1S/C12H16ClNO3S/c1-12(17,7-18-2)6-14-11(16)9-5-8(13)3-4-10(9)15/h3-5,15,17H,6-7H2,1-2H3,(H,14,16). The molecule has 0 heterocycles. The molecule has 0 radical (unpaired) electrons. The maximum Gasteiger partial charge on any atom is 0.255 e. The molecule has 100 valence electrons. The van der Waals surface area contributed by atoms with Crippen molar-refractivity contribution >= 4 is 29.3 Å². The van der Waals surface area contributed by atoms with Gasteiger partial charge in [-0.3, -0.25) is 4.79 Å². The van der Waals surface area contributed by atoms with E-state index in [1.165, 1.54) is 30.0 Å². The van der Waals surface area contributed by atoms with E-state index >= 15 is 0 Å². The van der Waals surface area contributed by atoms with Gasteiger partial charge >= 0.3 is 0 Å². The minimum absolute atomic E-state index is 0.0995. The van der Waals surface area contributed by atoms with Crippen molar-refractivity contribution in [3.05, 3.63) is 28.8 Å². The van der Waals surface area contributed by atoms with Gasteiger partial charge in [0.15, 0.2) is 0 Å². The molecule has 1 rings (SSSR count). The van der Waals surface area contributed by atoms with Crippen LogP contribution in [0.15, 0.2) is 18.2 Å². The van der Waals surface area contributed by atoms with Crippen LogP contribution in [0.4, 0.5) is 0 Å². The molecule has 1 aromatic carbocycles. The van der Waals surface area contributed by atoms with Crippen LogP contribution in [0.3, 0.4) is 0 Å². The predicted molar refractivity (Wildman–Crippen MR) is 74.5 cm³/mol. The summed E-state index contributed by atoms with van der Waals surface area (Å²) in [6.45, 7) is 1.75. The average molecular weight is 290 g/mol. The molecule has 0 spiro atoms. The van der Waals surface area contributed by atoms with Gasteiger partial charge < -0.3 is 15.5 Å². The summed E-state index contributed by atoms with van der Waals surface area (Å²) in [6, 6.07) is 4.24. The Kier molecular flexibility index (Phi) is 5.31. The van der Waals surface area contributed by atoms with Crippen LogP contribution in [0.1, 0.15) is 17.3 Å². The maximum absolute atomic E-state index is 11.8. The Bertz CT molecular complexity index is 437. The van der Waals surface area contributed by atoms with Gasteiger partial charge in [0.25, 0.3) is 5.91 Å². The fourth-order valence-electron chi connectivity index (χ4n) is 1.42. The maximum atomic E-state index is 11.8. The fourth-order valence-corrected chi connectivity index (χ4v) is 2.31. The van der Waals surface area contributed by atoms with E-state index in [-0.39, 0.29) is 17.9 Å². The Balaban J connectivity index is 2.69. The van der Waals surface area contributed by atoms with Crippen molar-refractivity contribution in [3.63, 3.8) is 0 Å². The van der Waals surface area contributed by atoms with E-state index in [1.54, 1.807) is 6.92 Å². The number of amides is 1. The van der Waals surface area contributed by atoms with Gasteiger partial charge in [0.05, 0.1) is 11.2 Å². The third-order valence-electron chi connectivity index (χ3n) is 2.29. The van der Waals surface area contributed by atoms with Gasteiger partial charge in [0.1, 0.15) is 5.75 Å². The van der Waals surface area contributed by atoms with Crippen LogP contribution in [0.2, 0.25) is 5.02 Å². The summed E-state index contributed by atoms with van der Waals surface area (Å²) >= 11 is 7.25. The van der Waals surface area contributed by atoms with E-state index in [9.17, 15) is 15.0 Å². The number of aromatic hydroxyl groups is 1. The third-order valence-corrected chi connectivity index (χ3v) is 3.43. The van der Waals surface area contributed by atoms with Crippen molar-refractivity contribution in [1.82, 2.24) is 5.32 Å². The molecular weight excluding hydrogens is 274 g/mol. The zero-order chi connectivity index (χ0) is 13.8. The zero-order valence-corrected chi connectivity index (χ0v) is 11.8. The zero-order valence-electron chi connectivity index (χ0n) is 10.2. The second kappa shape index (κ2) is 6.31. The topological polar surface area (TPSA) is 69.6 Å². The molecule has 18 heavy (non-hydrogen) atoms. The summed E-state index contributed by atoms with van der Waals surface area (Å²) in [7, 11) is 0. The number of carbonyl (C=O) groups is 1. The number of hydrogen-bond donors (Lipinski definition) is 3. The van der Waals surface area contributed by atoms with Crippen molar-refractivity contribution < 1.29 is 15.0 Å². The van der Waals surface area contributed by atoms with Crippen LogP contribution >= 0.6 is 23.4 Å². The Morgan fingerprint density at radius 3 is 2.83 bits per heavy atom. The lowest BCUT2D eigenvalue weighted by Gasteiger charge is -2.22. The van der Waals surface area contributed by atoms with Gasteiger partial charge in [-0.1, -0.05) is 11.6 Å². The Hall–Kier alpha value is -0.910. The summed E-state index contributed by atoms with van der Waals surface area (Å²) in [5.74, 6) is -0.0905. The smallest absolute Gasteiger partial charge is 0.255 e. The molecule has 0 bridgehead atoms. The van der Waals surface area contributed by atoms with Crippen molar-refractivity contribution in [2.24, 2.45) is 0 Å². The molecule has 0 aliphatic carbocycles. The fraction of sp³-hybridized carbons (Fsp3) is 0.417. The quantitative estimate of drug-likeness (QED) is 0.774. The molecule has 1 amide bonds. The molecule has 0 fully saturated rings. The first-order valence-corrected chi connectivity index (χ1v) is 7.11. The highest BCUT2D eigenvalue weighted by molar-refractivity contribution is 7.98. The summed E-state index contributed by atoms with van der Waals surface area (Å²) in [5, 5.41) is 22.4. The average Bonchev–Trinajstić information content (AvgIpc) is 2.29. The van der Waals surface area contributed by atoms with E-state index < -0.39 is 11.5 Å². The highest BCUT2D eigenvalue weighted by Crippen LogP contribution is 2.21. The molecule has 0 aliphatic heterocycles. The molecule has 6 heteroatoms. The molecule has 4 nitrogen and oxygen atoms in total. The largest absolute Gasteiger partial charge is 0.507 e. The first-order valence-electron chi connectivity index (χ1n) is 5.34. The van der Waals surface area contributed by atoms with Gasteiger partial charge in [0.2, 0.25) is 0 Å². The van der Waals surface area contributed by atoms with Crippen molar-refractivity contribution in [2.75, 3.05) is 18.6 Å². The molecular formula is C12H16ClNO3S. The van der Waals surface area contributed by atoms with E-state index in [0.717, 1.165) is 0 Å². The van der Waals surface area contributed by atoms with E-state index in [2.05, 4.69) is 5.32 Å². The van der Waals surface area contributed by atoms with Crippen LogP contribution in [-0.2, 0) is 0 Å². The first-order chi connectivity index (χ1) is 8.35. The number of phenolic OH excluding ortho intramolecular Hbond substituents is 1. The van der Waals surface area contributed by atoms with Gasteiger partial charge in [-0.05, 0) is 31.4 Å². The van der Waals surface area contributed by atoms with Crippen LogP contribution in [0.25, 0.3) is 0 Å². The Labute approximate surface area is 115 Å². The minimum atomic E-state index is -0.983. The lowest BCUT2D eigenvalue weighted by atomic mass is 10.1. The van der Waals surface area contributed by atoms with E-state index in [4.69, 9.17) is 11.6 Å². The number of carbonyl (C=O) groups excluding carboxylic acids is 1. The summed E-state index contributed by atoms with van der Waals surface area (Å²) in [5.41, 5.74) is -0.883. The number of hydrogen-bond acceptors (Lipinski definition) is 4. The summed E-state index contributed by atoms with van der Waals surface area (Å²) in [4.78, 5) is 11.8. The molecule has 3 N–H and O–H groups in total. The second-order valence-electron chi connectivity index (χ2n) is 4.27. The molecule has 1 unspecified atom stereocenters. The lowest BCUT2D eigenvalue weighted by molar-refractivity contribution is 0.0723. The number of nitrogens with one attached hydrogen (secondary N) is 1. The van der Waals surface area contributed by atoms with Crippen molar-refractivity contribution in [3.8, 4) is 5.75 Å².